The largest absolute Gasteiger partial charge is 0.338 e. The lowest BCUT2D eigenvalue weighted by atomic mass is 10.0. The van der Waals surface area contributed by atoms with Crippen LogP contribution in [0, 0.1) is 0 Å². The van der Waals surface area contributed by atoms with Crippen molar-refractivity contribution < 1.29 is 0 Å². The van der Waals surface area contributed by atoms with E-state index in [0.29, 0.717) is 12.1 Å². The minimum atomic E-state index is 0.404. The Labute approximate surface area is 107 Å². The third-order valence-electron chi connectivity index (χ3n) is 4.13. The molecule has 100 valence electrons. The summed E-state index contributed by atoms with van der Waals surface area (Å²) >= 11 is 0. The zero-order chi connectivity index (χ0) is 12.5. The van der Waals surface area contributed by atoms with Gasteiger partial charge in [-0.1, -0.05) is 5.10 Å². The lowest BCUT2D eigenvalue weighted by Crippen LogP contribution is -2.46. The molecule has 18 heavy (non-hydrogen) atoms. The average Bonchev–Trinajstić information content (AvgIpc) is 2.98. The second kappa shape index (κ2) is 4.81. The molecule has 3 rings (SSSR count). The first-order valence-electron chi connectivity index (χ1n) is 6.71. The van der Waals surface area contributed by atoms with Gasteiger partial charge >= 0.3 is 0 Å². The maximum absolute atomic E-state index is 5.95. The molecule has 1 aromatic heterocycles. The molecule has 0 amide bonds. The Morgan fingerprint density at radius 1 is 1.17 bits per heavy atom. The quantitative estimate of drug-likeness (QED) is 0.742. The van der Waals surface area contributed by atoms with E-state index >= 15 is 0 Å². The van der Waals surface area contributed by atoms with Gasteiger partial charge < -0.3 is 10.6 Å². The zero-order valence-corrected chi connectivity index (χ0v) is 10.9. The minimum Gasteiger partial charge on any atom is -0.338 e. The van der Waals surface area contributed by atoms with Gasteiger partial charge in [0, 0.05) is 32.2 Å². The van der Waals surface area contributed by atoms with Gasteiger partial charge in [-0.25, -0.2) is 4.68 Å². The summed E-state index contributed by atoms with van der Waals surface area (Å²) in [6, 6.07) is 1.04. The van der Waals surface area contributed by atoms with Crippen molar-refractivity contribution in [1.29, 1.82) is 0 Å². The minimum absolute atomic E-state index is 0.404. The lowest BCUT2D eigenvalue weighted by molar-refractivity contribution is 0.163. The van der Waals surface area contributed by atoms with Crippen LogP contribution in [0.15, 0.2) is 0 Å². The summed E-state index contributed by atoms with van der Waals surface area (Å²) < 4.78 is 1.74. The smallest absolute Gasteiger partial charge is 0.245 e. The summed E-state index contributed by atoms with van der Waals surface area (Å²) in [5.41, 5.74) is 5.95. The number of aryl methyl sites for hydroxylation is 1. The van der Waals surface area contributed by atoms with Crippen LogP contribution in [0.25, 0.3) is 0 Å². The van der Waals surface area contributed by atoms with Crippen molar-refractivity contribution in [2.24, 2.45) is 12.8 Å². The van der Waals surface area contributed by atoms with Crippen LogP contribution in [0.4, 0.5) is 5.95 Å². The van der Waals surface area contributed by atoms with Gasteiger partial charge in [0.2, 0.25) is 5.95 Å². The van der Waals surface area contributed by atoms with Crippen LogP contribution in [-0.2, 0) is 7.05 Å². The summed E-state index contributed by atoms with van der Waals surface area (Å²) in [6.45, 7) is 4.35. The molecule has 2 aliphatic rings. The van der Waals surface area contributed by atoms with Gasteiger partial charge in [0.25, 0.3) is 0 Å². The van der Waals surface area contributed by atoms with E-state index in [2.05, 4.69) is 25.3 Å². The number of likely N-dealkylation sites (tertiary alicyclic amines) is 1. The van der Waals surface area contributed by atoms with Crippen molar-refractivity contribution in [3.8, 4) is 0 Å². The summed E-state index contributed by atoms with van der Waals surface area (Å²) in [6.07, 6.45) is 3.45. The first-order valence-corrected chi connectivity index (χ1v) is 6.71. The number of hydrogen-bond donors (Lipinski definition) is 1. The first-order chi connectivity index (χ1) is 8.74. The molecule has 0 bridgehead atoms. The van der Waals surface area contributed by atoms with Crippen molar-refractivity contribution in [1.82, 2.24) is 25.1 Å². The van der Waals surface area contributed by atoms with Crippen LogP contribution in [0.5, 0.6) is 0 Å². The van der Waals surface area contributed by atoms with E-state index in [0.717, 1.165) is 45.0 Å². The number of tetrazole rings is 1. The molecule has 0 radical (unpaired) electrons. The highest BCUT2D eigenvalue weighted by Gasteiger charge is 2.31. The van der Waals surface area contributed by atoms with Crippen molar-refractivity contribution >= 4 is 5.95 Å². The normalized spacial score (nSPS) is 27.0. The van der Waals surface area contributed by atoms with Crippen LogP contribution in [-0.4, -0.2) is 63.4 Å². The van der Waals surface area contributed by atoms with Crippen molar-refractivity contribution in [3.05, 3.63) is 0 Å². The summed E-state index contributed by atoms with van der Waals surface area (Å²) in [7, 11) is 1.89. The van der Waals surface area contributed by atoms with Crippen LogP contribution in [0.1, 0.15) is 19.3 Å². The lowest BCUT2D eigenvalue weighted by Gasteiger charge is -2.34. The van der Waals surface area contributed by atoms with Gasteiger partial charge in [-0.05, 0) is 42.8 Å². The maximum Gasteiger partial charge on any atom is 0.245 e. The fraction of sp³-hybridized carbons (Fsp3) is 0.909. The Morgan fingerprint density at radius 2 is 1.94 bits per heavy atom. The van der Waals surface area contributed by atoms with E-state index in [9.17, 15) is 0 Å². The molecular formula is C11H21N7. The van der Waals surface area contributed by atoms with E-state index < -0.39 is 0 Å². The molecule has 7 nitrogen and oxygen atoms in total. The fourth-order valence-electron chi connectivity index (χ4n) is 3.00. The number of nitrogens with two attached hydrogens (primary N) is 1. The molecule has 2 N–H and O–H groups in total. The zero-order valence-electron chi connectivity index (χ0n) is 10.9. The number of piperidine rings is 1. The molecule has 0 spiro atoms. The fourth-order valence-corrected chi connectivity index (χ4v) is 3.00. The Bertz CT molecular complexity index is 396. The van der Waals surface area contributed by atoms with Gasteiger partial charge in [-0.2, -0.15) is 0 Å². The van der Waals surface area contributed by atoms with E-state index in [1.807, 2.05) is 7.05 Å². The molecule has 2 fully saturated rings. The van der Waals surface area contributed by atoms with Crippen molar-refractivity contribution in [2.45, 2.75) is 31.3 Å². The Kier molecular flexibility index (Phi) is 3.17. The van der Waals surface area contributed by atoms with Crippen molar-refractivity contribution in [3.63, 3.8) is 0 Å². The van der Waals surface area contributed by atoms with E-state index in [1.54, 1.807) is 4.68 Å². The topological polar surface area (TPSA) is 76.1 Å². The van der Waals surface area contributed by atoms with Gasteiger partial charge in [0.1, 0.15) is 0 Å². The van der Waals surface area contributed by atoms with Crippen molar-refractivity contribution in [2.75, 3.05) is 31.1 Å². The number of anilines is 1. The van der Waals surface area contributed by atoms with Gasteiger partial charge in [0.15, 0.2) is 0 Å². The highest BCUT2D eigenvalue weighted by molar-refractivity contribution is 5.30. The third-order valence-corrected chi connectivity index (χ3v) is 4.13. The molecule has 2 aliphatic heterocycles. The SMILES string of the molecule is Cn1nnnc1N1CCC(N2CCC(N)CC2)C1. The Balaban J connectivity index is 1.60. The molecule has 3 heterocycles. The third kappa shape index (κ3) is 2.20. The number of rotatable bonds is 2. The second-order valence-corrected chi connectivity index (χ2v) is 5.36. The van der Waals surface area contributed by atoms with Crippen LogP contribution < -0.4 is 10.6 Å². The molecule has 0 aromatic carbocycles. The summed E-state index contributed by atoms with van der Waals surface area (Å²) in [5.74, 6) is 0.881. The molecule has 0 aliphatic carbocycles. The van der Waals surface area contributed by atoms with E-state index in [1.165, 1.54) is 6.42 Å². The molecular weight excluding hydrogens is 230 g/mol. The Morgan fingerprint density at radius 3 is 2.61 bits per heavy atom. The number of aromatic nitrogens is 4. The summed E-state index contributed by atoms with van der Waals surface area (Å²) in [4.78, 5) is 4.85. The maximum atomic E-state index is 5.95. The predicted octanol–water partition coefficient (Wildman–Crippen LogP) is -0.788. The second-order valence-electron chi connectivity index (χ2n) is 5.36. The monoisotopic (exact) mass is 251 g/mol. The molecule has 1 aromatic rings. The predicted molar refractivity (Wildman–Crippen MR) is 68.2 cm³/mol. The molecule has 7 heteroatoms. The highest BCUT2D eigenvalue weighted by atomic mass is 15.6. The molecule has 1 atom stereocenters. The Hall–Kier alpha value is -1.21. The summed E-state index contributed by atoms with van der Waals surface area (Å²) in [5, 5.41) is 11.7. The van der Waals surface area contributed by atoms with Gasteiger partial charge in [-0.3, -0.25) is 4.90 Å². The number of hydrogen-bond acceptors (Lipinski definition) is 6. The first kappa shape index (κ1) is 11.9. The van der Waals surface area contributed by atoms with Gasteiger partial charge in [0.05, 0.1) is 0 Å². The van der Waals surface area contributed by atoms with Gasteiger partial charge in [-0.15, -0.1) is 0 Å². The standard InChI is InChI=1S/C11H21N7/c1-16-11(13-14-15-16)18-7-4-10(8-18)17-5-2-9(12)3-6-17/h9-10H,2-8,12H2,1H3. The number of nitrogens with zero attached hydrogens (tertiary/aromatic N) is 6. The van der Waals surface area contributed by atoms with E-state index in [-0.39, 0.29) is 0 Å². The van der Waals surface area contributed by atoms with E-state index in [4.69, 9.17) is 5.73 Å². The van der Waals surface area contributed by atoms with Crippen LogP contribution >= 0.6 is 0 Å². The van der Waals surface area contributed by atoms with Crippen LogP contribution in [0.3, 0.4) is 0 Å². The molecule has 1 unspecified atom stereocenters. The average molecular weight is 251 g/mol. The van der Waals surface area contributed by atoms with Crippen LogP contribution in [0.2, 0.25) is 0 Å². The highest BCUT2D eigenvalue weighted by Crippen LogP contribution is 2.22. The molecule has 2 saturated heterocycles. The molecule has 0 saturated carbocycles.